The van der Waals surface area contributed by atoms with Gasteiger partial charge in [0, 0.05) is 51.0 Å². The molecule has 1 aliphatic heterocycles. The maximum Gasteiger partial charge on any atom is 0.405 e. The van der Waals surface area contributed by atoms with Gasteiger partial charge in [-0.3, -0.25) is 14.4 Å². The van der Waals surface area contributed by atoms with Crippen molar-refractivity contribution in [2.24, 2.45) is 17.6 Å². The third-order valence-electron chi connectivity index (χ3n) is 7.45. The molecule has 2 rings (SSSR count). The van der Waals surface area contributed by atoms with Crippen molar-refractivity contribution in [1.29, 1.82) is 0 Å². The van der Waals surface area contributed by atoms with Gasteiger partial charge in [0.25, 0.3) is 5.91 Å². The van der Waals surface area contributed by atoms with Crippen LogP contribution in [0.25, 0.3) is 0 Å². The molecule has 2 aliphatic rings. The largest absolute Gasteiger partial charge is 0.439 e. The summed E-state index contributed by atoms with van der Waals surface area (Å²) in [5, 5.41) is 5.59. The molecule has 0 aromatic rings. The number of carbonyl (C=O) groups excluding carboxylic acids is 4. The molecule has 0 saturated heterocycles. The molecule has 43 heavy (non-hydrogen) atoms. The van der Waals surface area contributed by atoms with E-state index in [2.05, 4.69) is 17.2 Å². The Hall–Kier alpha value is -3.80. The number of primary amides is 1. The first kappa shape index (κ1) is 35.4. The number of nitrogens with one attached hydrogen (secondary N) is 2. The Morgan fingerprint density at radius 3 is 2.42 bits per heavy atom. The molecule has 0 aromatic carbocycles. The van der Waals surface area contributed by atoms with Crippen molar-refractivity contribution < 1.29 is 38.1 Å². The number of ether oxygens (including phenoxy) is 4. The van der Waals surface area contributed by atoms with E-state index in [1.54, 1.807) is 46.3 Å². The molecule has 2 amide bonds. The third kappa shape index (κ3) is 9.60. The summed E-state index contributed by atoms with van der Waals surface area (Å²) in [7, 11) is 4.64. The van der Waals surface area contributed by atoms with Gasteiger partial charge in [0.05, 0.1) is 23.6 Å². The Morgan fingerprint density at radius 2 is 1.84 bits per heavy atom. The Kier molecular flexibility index (Phi) is 13.8. The highest BCUT2D eigenvalue weighted by Crippen LogP contribution is 2.29. The van der Waals surface area contributed by atoms with Crippen LogP contribution in [0.2, 0.25) is 0 Å². The van der Waals surface area contributed by atoms with E-state index in [0.717, 1.165) is 6.08 Å². The van der Waals surface area contributed by atoms with Crippen LogP contribution in [0.5, 0.6) is 0 Å². The third-order valence-corrected chi connectivity index (χ3v) is 7.45. The first-order valence-electron chi connectivity index (χ1n) is 14.2. The second-order valence-electron chi connectivity index (χ2n) is 10.8. The minimum atomic E-state index is -0.966. The molecule has 6 unspecified atom stereocenters. The number of carbonyl (C=O) groups is 4. The van der Waals surface area contributed by atoms with Gasteiger partial charge in [0.2, 0.25) is 11.6 Å². The predicted octanol–water partition coefficient (Wildman–Crippen LogP) is 3.19. The minimum Gasteiger partial charge on any atom is -0.439 e. The van der Waals surface area contributed by atoms with Crippen LogP contribution in [-0.4, -0.2) is 75.9 Å². The fourth-order valence-corrected chi connectivity index (χ4v) is 5.30. The number of hydrogen-bond acceptors (Lipinski definition) is 9. The van der Waals surface area contributed by atoms with Crippen LogP contribution in [0, 0.1) is 11.8 Å². The van der Waals surface area contributed by atoms with Crippen LogP contribution in [0.15, 0.2) is 71.1 Å². The molecule has 0 fully saturated rings. The number of nitrogens with two attached hydrogens (primary N) is 1. The van der Waals surface area contributed by atoms with Gasteiger partial charge in [-0.05, 0) is 38.2 Å². The number of amides is 2. The quantitative estimate of drug-likeness (QED) is 0.296. The van der Waals surface area contributed by atoms with Crippen LogP contribution in [0.1, 0.15) is 40.5 Å². The van der Waals surface area contributed by atoms with Gasteiger partial charge in [-0.25, -0.2) is 4.79 Å². The highest BCUT2D eigenvalue weighted by Gasteiger charge is 2.34. The summed E-state index contributed by atoms with van der Waals surface area (Å²) in [5.41, 5.74) is 6.69. The van der Waals surface area contributed by atoms with E-state index in [1.165, 1.54) is 13.2 Å². The molecule has 0 saturated carbocycles. The number of ketones is 2. The molecular weight excluding hydrogens is 554 g/mol. The molecule has 0 aromatic heterocycles. The van der Waals surface area contributed by atoms with E-state index in [-0.39, 0.29) is 47.3 Å². The molecule has 1 aliphatic carbocycles. The first-order valence-corrected chi connectivity index (χ1v) is 14.2. The normalized spacial score (nSPS) is 31.1. The van der Waals surface area contributed by atoms with Crippen molar-refractivity contribution in [2.75, 3.05) is 27.9 Å². The Balaban J connectivity index is 2.66. The van der Waals surface area contributed by atoms with Crippen LogP contribution in [0.3, 0.4) is 0 Å². The summed E-state index contributed by atoms with van der Waals surface area (Å²) in [4.78, 5) is 51.5. The number of fused-ring (bicyclic) bond motifs is 2. The first-order chi connectivity index (χ1) is 20.4. The Labute approximate surface area is 253 Å². The zero-order valence-electron chi connectivity index (χ0n) is 26.1. The highest BCUT2D eigenvalue weighted by molar-refractivity contribution is 6.23. The van der Waals surface area contributed by atoms with Crippen molar-refractivity contribution in [3.63, 3.8) is 0 Å². The molecule has 1 heterocycles. The van der Waals surface area contributed by atoms with Gasteiger partial charge >= 0.3 is 6.09 Å². The molecule has 11 nitrogen and oxygen atoms in total. The Bertz CT molecular complexity index is 1230. The Morgan fingerprint density at radius 1 is 1.14 bits per heavy atom. The molecule has 0 spiro atoms. The molecular formula is C32H45N3O8. The topological polar surface area (TPSA) is 155 Å². The van der Waals surface area contributed by atoms with E-state index >= 15 is 0 Å². The average molecular weight is 600 g/mol. The molecule has 11 heteroatoms. The van der Waals surface area contributed by atoms with E-state index in [4.69, 9.17) is 24.7 Å². The second-order valence-corrected chi connectivity index (χ2v) is 10.8. The van der Waals surface area contributed by atoms with Crippen molar-refractivity contribution in [1.82, 2.24) is 10.6 Å². The maximum absolute atomic E-state index is 13.6. The highest BCUT2D eigenvalue weighted by atomic mass is 16.6. The number of hydrogen-bond donors (Lipinski definition) is 3. The van der Waals surface area contributed by atoms with Gasteiger partial charge < -0.3 is 35.3 Å². The smallest absolute Gasteiger partial charge is 0.405 e. The van der Waals surface area contributed by atoms with Gasteiger partial charge in [-0.1, -0.05) is 44.2 Å². The molecule has 4 N–H and O–H groups in total. The fourth-order valence-electron chi connectivity index (χ4n) is 5.30. The molecule has 6 atom stereocenters. The summed E-state index contributed by atoms with van der Waals surface area (Å²) in [6, 6.07) is 0. The van der Waals surface area contributed by atoms with Gasteiger partial charge in [0.15, 0.2) is 6.10 Å². The summed E-state index contributed by atoms with van der Waals surface area (Å²) >= 11 is 0. The van der Waals surface area contributed by atoms with Gasteiger partial charge in [-0.15, -0.1) is 6.58 Å². The van der Waals surface area contributed by atoms with Crippen molar-refractivity contribution >= 4 is 23.6 Å². The molecule has 2 bridgehead atoms. The lowest BCUT2D eigenvalue weighted by molar-refractivity contribution is -0.120. The van der Waals surface area contributed by atoms with Crippen molar-refractivity contribution in [3.05, 3.63) is 71.1 Å². The number of Topliss-reactive ketones (excluding diaryl/α,β-unsaturated/α-hetero) is 1. The van der Waals surface area contributed by atoms with Crippen molar-refractivity contribution in [3.8, 4) is 0 Å². The SMILES string of the molecule is C=CCNC1=C2CC(C)CC(OC)C(OC)C(C)/C=C(/C)C(OC(N)=O)C(OC)/C=C\C=C(\C)C(=O)NC(=CC1=O)C2=O. The van der Waals surface area contributed by atoms with Gasteiger partial charge in [0.1, 0.15) is 6.10 Å². The van der Waals surface area contributed by atoms with Crippen LogP contribution < -0.4 is 16.4 Å². The lowest BCUT2D eigenvalue weighted by atomic mass is 9.85. The summed E-state index contributed by atoms with van der Waals surface area (Å²) < 4.78 is 22.8. The molecule has 236 valence electrons. The van der Waals surface area contributed by atoms with Crippen LogP contribution in [-0.2, 0) is 33.3 Å². The van der Waals surface area contributed by atoms with Crippen molar-refractivity contribution in [2.45, 2.75) is 65.0 Å². The number of rotatable bonds is 7. The summed E-state index contributed by atoms with van der Waals surface area (Å²) in [6.45, 7) is 11.3. The van der Waals surface area contributed by atoms with Crippen LogP contribution in [0.4, 0.5) is 4.79 Å². The standard InChI is InChI=1S/C32H45N3O8/c1-9-13-34-27-22-14-18(2)15-26(41-7)29(42-8)20(4)16-21(5)30(43-32(33)39)25(40-6)12-10-11-19(3)31(38)35-23(28(22)37)17-24(27)36/h9-12,16-18,20,25-26,29-30,34H,1,13-15H2,2-8H3,(H2,33,39)(H,35,38)/b12-10-,19-11-,21-16-. The number of allylic oxidation sites excluding steroid dienone is 4. The summed E-state index contributed by atoms with van der Waals surface area (Å²) in [6.07, 6.45) is 6.75. The second kappa shape index (κ2) is 16.7. The van der Waals surface area contributed by atoms with E-state index < -0.39 is 48.0 Å². The van der Waals surface area contributed by atoms with E-state index in [1.807, 2.05) is 19.9 Å². The van der Waals surface area contributed by atoms with E-state index in [9.17, 15) is 19.2 Å². The fraction of sp³-hybridized carbons (Fsp3) is 0.500. The predicted molar refractivity (Wildman–Crippen MR) is 163 cm³/mol. The minimum absolute atomic E-state index is 0.104. The van der Waals surface area contributed by atoms with Gasteiger partial charge in [-0.2, -0.15) is 0 Å². The zero-order valence-corrected chi connectivity index (χ0v) is 26.1. The summed E-state index contributed by atoms with van der Waals surface area (Å²) in [5.74, 6) is -1.75. The maximum atomic E-state index is 13.6. The molecule has 0 radical (unpaired) electrons. The lowest BCUT2D eigenvalue weighted by Crippen LogP contribution is -2.38. The van der Waals surface area contributed by atoms with E-state index in [0.29, 0.717) is 12.0 Å². The average Bonchev–Trinajstić information content (AvgIpc) is 2.95. The van der Waals surface area contributed by atoms with Crippen LogP contribution >= 0.6 is 0 Å². The lowest BCUT2D eigenvalue weighted by Gasteiger charge is -2.32. The zero-order chi connectivity index (χ0) is 32.3. The number of methoxy groups -OCH3 is 3. The monoisotopic (exact) mass is 599 g/mol.